The normalized spacial score (nSPS) is 9.96. The second kappa shape index (κ2) is 8.27. The van der Waals surface area contributed by atoms with Gasteiger partial charge in [0.05, 0.1) is 22.2 Å². The molecule has 0 atom stereocenters. The van der Waals surface area contributed by atoms with E-state index in [1.54, 1.807) is 30.3 Å². The fraction of sp³-hybridized carbons (Fsp3) is 0.0667. The van der Waals surface area contributed by atoms with Crippen LogP contribution in [0.25, 0.3) is 0 Å². The quantitative estimate of drug-likeness (QED) is 0.415. The topological polar surface area (TPSA) is 114 Å². The lowest BCUT2D eigenvalue weighted by molar-refractivity contribution is -0.384. The van der Waals surface area contributed by atoms with E-state index in [1.165, 1.54) is 23.2 Å². The van der Waals surface area contributed by atoms with Gasteiger partial charge in [0.15, 0.2) is 5.11 Å². The van der Waals surface area contributed by atoms with E-state index in [4.69, 9.17) is 29.6 Å². The molecule has 0 heterocycles. The van der Waals surface area contributed by atoms with Gasteiger partial charge in [0, 0.05) is 17.8 Å². The van der Waals surface area contributed by atoms with Crippen molar-refractivity contribution in [1.29, 1.82) is 0 Å². The zero-order chi connectivity index (χ0) is 18.4. The summed E-state index contributed by atoms with van der Waals surface area (Å²) < 4.78 is 0. The summed E-state index contributed by atoms with van der Waals surface area (Å²) in [4.78, 5) is 22.4. The molecule has 10 heteroatoms. The number of nitrogens with zero attached hydrogens (tertiary/aromatic N) is 2. The molecule has 25 heavy (non-hydrogen) atoms. The van der Waals surface area contributed by atoms with Crippen LogP contribution in [0.4, 0.5) is 17.1 Å². The first-order valence-electron chi connectivity index (χ1n) is 7.00. The van der Waals surface area contributed by atoms with Gasteiger partial charge in [-0.3, -0.25) is 20.3 Å². The highest BCUT2D eigenvalue weighted by Crippen LogP contribution is 2.23. The van der Waals surface area contributed by atoms with Gasteiger partial charge in [-0.05, 0) is 30.4 Å². The molecule has 0 spiro atoms. The smallest absolute Gasteiger partial charge is 0.271 e. The van der Waals surface area contributed by atoms with Gasteiger partial charge in [0.1, 0.15) is 0 Å². The number of carbonyl (C=O) groups excluding carboxylic acids is 1. The third kappa shape index (κ3) is 5.03. The van der Waals surface area contributed by atoms with Gasteiger partial charge < -0.3 is 11.1 Å². The average Bonchev–Trinajstić information content (AvgIpc) is 2.58. The van der Waals surface area contributed by atoms with Crippen LogP contribution in [0.1, 0.15) is 0 Å². The number of nitrogens with one attached hydrogen (secondary N) is 2. The predicted octanol–water partition coefficient (Wildman–Crippen LogP) is 2.44. The number of benzene rings is 2. The number of hydrazine groups is 1. The summed E-state index contributed by atoms with van der Waals surface area (Å²) in [6.45, 7) is -0.148. The Morgan fingerprint density at radius 1 is 1.28 bits per heavy atom. The summed E-state index contributed by atoms with van der Waals surface area (Å²) in [6, 6.07) is 12.5. The van der Waals surface area contributed by atoms with E-state index in [0.717, 1.165) is 0 Å². The van der Waals surface area contributed by atoms with Crippen molar-refractivity contribution < 1.29 is 9.72 Å². The number of halogens is 1. The monoisotopic (exact) mass is 379 g/mol. The molecule has 0 bridgehead atoms. The van der Waals surface area contributed by atoms with Gasteiger partial charge in [0.2, 0.25) is 0 Å². The first-order chi connectivity index (χ1) is 11.9. The number of para-hydroxylation sites is 1. The van der Waals surface area contributed by atoms with E-state index >= 15 is 0 Å². The summed E-state index contributed by atoms with van der Waals surface area (Å²) >= 11 is 11.0. The predicted molar refractivity (Wildman–Crippen MR) is 100 cm³/mol. The van der Waals surface area contributed by atoms with Crippen molar-refractivity contribution in [3.63, 3.8) is 0 Å². The van der Waals surface area contributed by atoms with E-state index in [9.17, 15) is 14.9 Å². The van der Waals surface area contributed by atoms with Crippen molar-refractivity contribution in [2.75, 3.05) is 16.9 Å². The van der Waals surface area contributed by atoms with Gasteiger partial charge in [-0.1, -0.05) is 29.8 Å². The summed E-state index contributed by atoms with van der Waals surface area (Å²) in [5.41, 5.74) is 8.95. The zero-order valence-electron chi connectivity index (χ0n) is 12.8. The minimum absolute atomic E-state index is 0.0776. The number of nitro groups is 1. The highest BCUT2D eigenvalue weighted by atomic mass is 35.5. The third-order valence-corrected chi connectivity index (χ3v) is 3.56. The molecule has 4 N–H and O–H groups in total. The Morgan fingerprint density at radius 3 is 2.64 bits per heavy atom. The molecule has 0 radical (unpaired) electrons. The van der Waals surface area contributed by atoms with Crippen LogP contribution in [0.3, 0.4) is 0 Å². The van der Waals surface area contributed by atoms with Crippen molar-refractivity contribution in [3.05, 3.63) is 63.7 Å². The zero-order valence-corrected chi connectivity index (χ0v) is 14.4. The molecule has 0 aromatic heterocycles. The number of nitro benzene ring substituents is 1. The molecule has 0 aliphatic rings. The van der Waals surface area contributed by atoms with Crippen molar-refractivity contribution >= 4 is 51.9 Å². The lowest BCUT2D eigenvalue weighted by Gasteiger charge is -2.24. The molecule has 130 valence electrons. The van der Waals surface area contributed by atoms with Gasteiger partial charge in [-0.2, -0.15) is 0 Å². The Bertz CT molecular complexity index is 817. The van der Waals surface area contributed by atoms with Crippen molar-refractivity contribution in [1.82, 2.24) is 5.43 Å². The van der Waals surface area contributed by atoms with E-state index in [2.05, 4.69) is 10.7 Å². The van der Waals surface area contributed by atoms with Crippen molar-refractivity contribution in [2.45, 2.75) is 0 Å². The standard InChI is InChI=1S/C15H14ClN5O3S/c16-12-6-1-2-7-13(12)20(15(17)25)19-14(22)9-18-10-4-3-5-11(8-10)21(23)24/h1-8,18H,9H2,(H2,17,25)(H,19,22). The molecule has 8 nitrogen and oxygen atoms in total. The van der Waals surface area contributed by atoms with Crippen molar-refractivity contribution in [2.24, 2.45) is 5.73 Å². The van der Waals surface area contributed by atoms with Crippen LogP contribution < -0.4 is 21.5 Å². The van der Waals surface area contributed by atoms with Crippen LogP contribution in [0, 0.1) is 10.1 Å². The highest BCUT2D eigenvalue weighted by Gasteiger charge is 2.15. The molecule has 2 aromatic carbocycles. The Morgan fingerprint density at radius 2 is 2.00 bits per heavy atom. The van der Waals surface area contributed by atoms with Crippen LogP contribution in [-0.4, -0.2) is 22.5 Å². The Kier molecular flexibility index (Phi) is 6.09. The number of rotatable bonds is 5. The SMILES string of the molecule is NC(=S)N(NC(=O)CNc1cccc([N+](=O)[O-])c1)c1ccccc1Cl. The first-order valence-corrected chi connectivity index (χ1v) is 7.79. The molecule has 1 amide bonds. The fourth-order valence-corrected chi connectivity index (χ4v) is 2.31. The molecule has 0 aliphatic heterocycles. The maximum absolute atomic E-state index is 12.1. The molecule has 0 unspecified atom stereocenters. The number of amides is 1. The summed E-state index contributed by atoms with van der Waals surface area (Å²) in [5.74, 6) is -0.459. The number of non-ortho nitro benzene ring substituents is 1. The maximum atomic E-state index is 12.1. The van der Waals surface area contributed by atoms with Gasteiger partial charge in [-0.25, -0.2) is 5.01 Å². The number of thiocarbonyl (C=S) groups is 1. The number of nitrogens with two attached hydrogens (primary N) is 1. The van der Waals surface area contributed by atoms with E-state index in [0.29, 0.717) is 16.4 Å². The van der Waals surface area contributed by atoms with Gasteiger partial charge in [0.25, 0.3) is 11.6 Å². The molecule has 0 saturated carbocycles. The number of anilines is 2. The third-order valence-electron chi connectivity index (χ3n) is 3.06. The average molecular weight is 380 g/mol. The highest BCUT2D eigenvalue weighted by molar-refractivity contribution is 7.80. The van der Waals surface area contributed by atoms with Crippen LogP contribution in [0.5, 0.6) is 0 Å². The molecule has 0 aliphatic carbocycles. The van der Waals surface area contributed by atoms with Crippen LogP contribution in [-0.2, 0) is 4.79 Å². The van der Waals surface area contributed by atoms with E-state index in [-0.39, 0.29) is 17.3 Å². The number of carbonyl (C=O) groups is 1. The van der Waals surface area contributed by atoms with Gasteiger partial charge in [-0.15, -0.1) is 0 Å². The van der Waals surface area contributed by atoms with Crippen molar-refractivity contribution in [3.8, 4) is 0 Å². The Labute approximate surface area is 153 Å². The molecule has 0 saturated heterocycles. The lowest BCUT2D eigenvalue weighted by atomic mass is 10.3. The first kappa shape index (κ1) is 18.4. The molecule has 0 fully saturated rings. The van der Waals surface area contributed by atoms with E-state index in [1.807, 2.05) is 0 Å². The Hall–Kier alpha value is -2.91. The minimum Gasteiger partial charge on any atom is -0.376 e. The molecular weight excluding hydrogens is 366 g/mol. The molecular formula is C15H14ClN5O3S. The second-order valence-corrected chi connectivity index (χ2v) is 5.65. The fourth-order valence-electron chi connectivity index (χ4n) is 1.94. The number of hydrogen-bond donors (Lipinski definition) is 3. The molecule has 2 aromatic rings. The van der Waals surface area contributed by atoms with Crippen LogP contribution >= 0.6 is 23.8 Å². The van der Waals surface area contributed by atoms with Gasteiger partial charge >= 0.3 is 0 Å². The molecule has 2 rings (SSSR count). The number of hydrogen-bond acceptors (Lipinski definition) is 5. The van der Waals surface area contributed by atoms with Crippen LogP contribution in [0.2, 0.25) is 5.02 Å². The largest absolute Gasteiger partial charge is 0.376 e. The summed E-state index contributed by atoms with van der Waals surface area (Å²) in [6.07, 6.45) is 0. The lowest BCUT2D eigenvalue weighted by Crippen LogP contribution is -2.50. The van der Waals surface area contributed by atoms with E-state index < -0.39 is 10.8 Å². The Balaban J connectivity index is 2.03. The maximum Gasteiger partial charge on any atom is 0.271 e. The summed E-state index contributed by atoms with van der Waals surface area (Å²) in [7, 11) is 0. The summed E-state index contributed by atoms with van der Waals surface area (Å²) in [5, 5.41) is 15.0. The minimum atomic E-state index is -0.517. The van der Waals surface area contributed by atoms with Crippen LogP contribution in [0.15, 0.2) is 48.5 Å². The second-order valence-electron chi connectivity index (χ2n) is 4.82.